The van der Waals surface area contributed by atoms with Crippen molar-refractivity contribution in [2.24, 2.45) is 0 Å². The third kappa shape index (κ3) is 0.459. The highest BCUT2D eigenvalue weighted by atomic mass is 16.4. The van der Waals surface area contributed by atoms with Gasteiger partial charge in [-0.15, -0.1) is 0 Å². The molecule has 0 spiro atoms. The van der Waals surface area contributed by atoms with Crippen molar-refractivity contribution >= 4 is 0 Å². The Morgan fingerprint density at radius 2 is 1.43 bits per heavy atom. The lowest BCUT2D eigenvalue weighted by molar-refractivity contribution is 0.0871. The van der Waals surface area contributed by atoms with Crippen LogP contribution in [0, 0.1) is 0 Å². The van der Waals surface area contributed by atoms with E-state index in [9.17, 15) is 0 Å². The van der Waals surface area contributed by atoms with Gasteiger partial charge in [0.2, 0.25) is 0 Å². The smallest absolute Gasteiger partial charge is 0.119 e. The summed E-state index contributed by atoms with van der Waals surface area (Å²) >= 11 is 0. The lowest BCUT2D eigenvalue weighted by Crippen LogP contribution is -2.08. The van der Waals surface area contributed by atoms with Crippen LogP contribution in [-0.4, -0.2) is 33.1 Å². The first-order chi connectivity index (χ1) is 3.07. The van der Waals surface area contributed by atoms with Gasteiger partial charge in [0.05, 0.1) is 0 Å². The molecule has 0 aromatic rings. The van der Waals surface area contributed by atoms with Crippen molar-refractivity contribution in [3.63, 3.8) is 0 Å². The minimum atomic E-state index is -1.22. The lowest BCUT2D eigenvalue weighted by Gasteiger charge is -1.91. The Labute approximate surface area is 41.2 Å². The molecule has 1 saturated carbocycles. The van der Waals surface area contributed by atoms with E-state index in [0.717, 1.165) is 0 Å². The van der Waals surface area contributed by atoms with Gasteiger partial charge in [-0.1, -0.05) is 0 Å². The van der Waals surface area contributed by atoms with Gasteiger partial charge in [0, 0.05) is 0 Å². The van der Waals surface area contributed by atoms with Gasteiger partial charge in [-0.05, 0) is 6.92 Å². The molecule has 42 valence electrons. The number of aliphatic hydroxyl groups excluding tert-OH is 2. The minimum absolute atomic E-state index is 0.924. The maximum atomic E-state index is 8.67. The van der Waals surface area contributed by atoms with Crippen molar-refractivity contribution in [1.29, 1.82) is 0 Å². The summed E-state index contributed by atoms with van der Waals surface area (Å²) in [6, 6.07) is 0. The van der Waals surface area contributed by atoms with Crippen molar-refractivity contribution in [3.05, 3.63) is 0 Å². The van der Waals surface area contributed by atoms with E-state index in [-0.39, 0.29) is 0 Å². The zero-order valence-electron chi connectivity index (χ0n) is 4.00. The predicted octanol–water partition coefficient (Wildman–Crippen LogP) is -1.53. The molecule has 1 aliphatic rings. The standard InChI is InChI=1S/C4H8O3/c1-4(7)2(5)3(4)6/h2-3,5-7H,1H3. The predicted molar refractivity (Wildman–Crippen MR) is 22.6 cm³/mol. The van der Waals surface area contributed by atoms with Gasteiger partial charge in [0.15, 0.2) is 0 Å². The SMILES string of the molecule is CC1(O)C(O)C1O. The van der Waals surface area contributed by atoms with Crippen LogP contribution in [-0.2, 0) is 0 Å². The third-order valence-electron chi connectivity index (χ3n) is 1.39. The lowest BCUT2D eigenvalue weighted by atomic mass is 10.4. The zero-order chi connectivity index (χ0) is 5.65. The monoisotopic (exact) mass is 104 g/mol. The van der Waals surface area contributed by atoms with Crippen molar-refractivity contribution in [2.45, 2.75) is 24.7 Å². The first-order valence-corrected chi connectivity index (χ1v) is 2.15. The van der Waals surface area contributed by atoms with E-state index in [0.29, 0.717) is 0 Å². The Kier molecular flexibility index (Phi) is 0.712. The van der Waals surface area contributed by atoms with E-state index >= 15 is 0 Å². The highest BCUT2D eigenvalue weighted by molar-refractivity contribution is 5.11. The van der Waals surface area contributed by atoms with Gasteiger partial charge in [0.25, 0.3) is 0 Å². The number of aliphatic hydroxyl groups is 3. The Balaban J connectivity index is 2.52. The molecule has 7 heavy (non-hydrogen) atoms. The molecular formula is C4H8O3. The van der Waals surface area contributed by atoms with Crippen LogP contribution in [0.5, 0.6) is 0 Å². The maximum absolute atomic E-state index is 8.67. The Hall–Kier alpha value is -0.120. The normalized spacial score (nSPS) is 60.0. The minimum Gasteiger partial charge on any atom is -0.387 e. The summed E-state index contributed by atoms with van der Waals surface area (Å²) in [4.78, 5) is 0. The molecule has 3 N–H and O–H groups in total. The van der Waals surface area contributed by atoms with Crippen LogP contribution in [0.2, 0.25) is 0 Å². The number of rotatable bonds is 0. The molecule has 3 heteroatoms. The molecular weight excluding hydrogens is 96.0 g/mol. The number of hydrogen-bond acceptors (Lipinski definition) is 3. The van der Waals surface area contributed by atoms with E-state index in [2.05, 4.69) is 0 Å². The van der Waals surface area contributed by atoms with Gasteiger partial charge in [-0.25, -0.2) is 0 Å². The van der Waals surface area contributed by atoms with Crippen molar-refractivity contribution < 1.29 is 15.3 Å². The molecule has 1 fully saturated rings. The van der Waals surface area contributed by atoms with E-state index in [1.807, 2.05) is 0 Å². The highest BCUT2D eigenvalue weighted by Crippen LogP contribution is 2.34. The molecule has 0 radical (unpaired) electrons. The molecule has 0 aliphatic heterocycles. The quantitative estimate of drug-likeness (QED) is 0.349. The second kappa shape index (κ2) is 0.992. The second-order valence-electron chi connectivity index (χ2n) is 2.12. The largest absolute Gasteiger partial charge is 0.387 e. The summed E-state index contributed by atoms with van der Waals surface area (Å²) in [5.41, 5.74) is -1.22. The van der Waals surface area contributed by atoms with Crippen LogP contribution in [0.3, 0.4) is 0 Å². The molecule has 0 aromatic carbocycles. The summed E-state index contributed by atoms with van der Waals surface area (Å²) in [6.07, 6.45) is -1.85. The van der Waals surface area contributed by atoms with Crippen molar-refractivity contribution in [1.82, 2.24) is 0 Å². The summed E-state index contributed by atoms with van der Waals surface area (Å²) in [5, 5.41) is 25.6. The molecule has 1 aliphatic carbocycles. The van der Waals surface area contributed by atoms with Crippen LogP contribution in [0.25, 0.3) is 0 Å². The van der Waals surface area contributed by atoms with Crippen LogP contribution in [0.1, 0.15) is 6.92 Å². The van der Waals surface area contributed by atoms with Gasteiger partial charge >= 0.3 is 0 Å². The van der Waals surface area contributed by atoms with E-state index < -0.39 is 17.8 Å². The van der Waals surface area contributed by atoms with E-state index in [4.69, 9.17) is 15.3 Å². The molecule has 0 heterocycles. The summed E-state index contributed by atoms with van der Waals surface area (Å²) in [7, 11) is 0. The van der Waals surface area contributed by atoms with Crippen LogP contribution in [0.4, 0.5) is 0 Å². The Morgan fingerprint density at radius 1 is 1.29 bits per heavy atom. The first-order valence-electron chi connectivity index (χ1n) is 2.15. The van der Waals surface area contributed by atoms with Gasteiger partial charge in [0.1, 0.15) is 17.8 Å². The van der Waals surface area contributed by atoms with Crippen LogP contribution in [0.15, 0.2) is 0 Å². The molecule has 0 aromatic heterocycles. The summed E-state index contributed by atoms with van der Waals surface area (Å²) < 4.78 is 0. The van der Waals surface area contributed by atoms with Crippen LogP contribution < -0.4 is 0 Å². The van der Waals surface area contributed by atoms with Crippen LogP contribution >= 0.6 is 0 Å². The fourth-order valence-corrected chi connectivity index (χ4v) is 0.456. The van der Waals surface area contributed by atoms with Crippen molar-refractivity contribution in [2.75, 3.05) is 0 Å². The highest BCUT2D eigenvalue weighted by Gasteiger charge is 2.59. The molecule has 1 rings (SSSR count). The van der Waals surface area contributed by atoms with Gasteiger partial charge in [-0.2, -0.15) is 0 Å². The third-order valence-corrected chi connectivity index (χ3v) is 1.39. The van der Waals surface area contributed by atoms with E-state index in [1.54, 1.807) is 0 Å². The summed E-state index contributed by atoms with van der Waals surface area (Å²) in [5.74, 6) is 0. The van der Waals surface area contributed by atoms with Crippen molar-refractivity contribution in [3.8, 4) is 0 Å². The molecule has 0 bridgehead atoms. The average molecular weight is 104 g/mol. The molecule has 2 atom stereocenters. The Bertz CT molecular complexity index is 78.9. The fraction of sp³-hybridized carbons (Fsp3) is 1.00. The molecule has 0 saturated heterocycles. The second-order valence-corrected chi connectivity index (χ2v) is 2.12. The zero-order valence-corrected chi connectivity index (χ0v) is 4.00. The molecule has 3 nitrogen and oxygen atoms in total. The average Bonchev–Trinajstić information content (AvgIpc) is 1.91. The fourth-order valence-electron chi connectivity index (χ4n) is 0.456. The summed E-state index contributed by atoms with van der Waals surface area (Å²) in [6.45, 7) is 1.39. The topological polar surface area (TPSA) is 60.7 Å². The number of hydrogen-bond donors (Lipinski definition) is 3. The Morgan fingerprint density at radius 3 is 1.43 bits per heavy atom. The molecule has 0 amide bonds. The van der Waals surface area contributed by atoms with Gasteiger partial charge in [-0.3, -0.25) is 0 Å². The molecule has 2 unspecified atom stereocenters. The van der Waals surface area contributed by atoms with Gasteiger partial charge < -0.3 is 15.3 Å². The van der Waals surface area contributed by atoms with E-state index in [1.165, 1.54) is 6.92 Å². The maximum Gasteiger partial charge on any atom is 0.119 e. The first kappa shape index (κ1) is 5.03.